The zero-order valence-electron chi connectivity index (χ0n) is 11.4. The van der Waals surface area contributed by atoms with Gasteiger partial charge in [-0.05, 0) is 42.7 Å². The Bertz CT molecular complexity index is 501. The van der Waals surface area contributed by atoms with Crippen LogP contribution in [0.15, 0.2) is 64.8 Å². The zero-order chi connectivity index (χ0) is 13.3. The second-order valence-electron chi connectivity index (χ2n) is 4.66. The first-order valence-corrected chi connectivity index (χ1v) is 6.94. The number of benzene rings is 2. The molecule has 0 aliphatic heterocycles. The van der Waals surface area contributed by atoms with Gasteiger partial charge in [0.15, 0.2) is 0 Å². The van der Waals surface area contributed by atoms with E-state index in [4.69, 9.17) is 0 Å². The molecule has 0 fully saturated rings. The van der Waals surface area contributed by atoms with E-state index in [1.807, 2.05) is 42.5 Å². The molecule has 0 bridgehead atoms. The van der Waals surface area contributed by atoms with Crippen molar-refractivity contribution in [2.24, 2.45) is 10.2 Å². The molecular weight excluding hydrogens is 232 g/mol. The topological polar surface area (TPSA) is 24.7 Å². The van der Waals surface area contributed by atoms with Crippen LogP contribution in [0.2, 0.25) is 0 Å². The predicted octanol–water partition coefficient (Wildman–Crippen LogP) is 5.83. The summed E-state index contributed by atoms with van der Waals surface area (Å²) in [6.45, 7) is 2.23. The summed E-state index contributed by atoms with van der Waals surface area (Å²) >= 11 is 0. The zero-order valence-corrected chi connectivity index (χ0v) is 11.4. The van der Waals surface area contributed by atoms with E-state index >= 15 is 0 Å². The number of azo groups is 1. The second-order valence-corrected chi connectivity index (χ2v) is 4.66. The van der Waals surface area contributed by atoms with Crippen molar-refractivity contribution in [2.75, 3.05) is 0 Å². The molecular formula is C17H20N2. The highest BCUT2D eigenvalue weighted by molar-refractivity contribution is 5.40. The number of hydrogen-bond acceptors (Lipinski definition) is 2. The molecule has 0 saturated carbocycles. The summed E-state index contributed by atoms with van der Waals surface area (Å²) in [5.74, 6) is 0. The number of aryl methyl sites for hydroxylation is 1. The fourth-order valence-corrected chi connectivity index (χ4v) is 1.92. The van der Waals surface area contributed by atoms with Crippen LogP contribution < -0.4 is 0 Å². The van der Waals surface area contributed by atoms with E-state index in [9.17, 15) is 0 Å². The number of hydrogen-bond donors (Lipinski definition) is 0. The Balaban J connectivity index is 1.93. The van der Waals surface area contributed by atoms with E-state index in [0.29, 0.717) is 0 Å². The normalized spacial score (nSPS) is 11.0. The van der Waals surface area contributed by atoms with Gasteiger partial charge in [0.1, 0.15) is 0 Å². The molecule has 2 nitrogen and oxygen atoms in total. The molecule has 2 heteroatoms. The average Bonchev–Trinajstić information content (AvgIpc) is 2.48. The fraction of sp³-hybridized carbons (Fsp3) is 0.294. The van der Waals surface area contributed by atoms with Crippen molar-refractivity contribution in [3.05, 3.63) is 60.2 Å². The summed E-state index contributed by atoms with van der Waals surface area (Å²) in [5, 5.41) is 8.45. The Morgan fingerprint density at radius 1 is 0.737 bits per heavy atom. The minimum absolute atomic E-state index is 0.884. The highest BCUT2D eigenvalue weighted by atomic mass is 15.1. The van der Waals surface area contributed by atoms with Crippen molar-refractivity contribution in [3.8, 4) is 0 Å². The molecule has 0 aliphatic rings. The van der Waals surface area contributed by atoms with Crippen molar-refractivity contribution in [2.45, 2.75) is 32.6 Å². The van der Waals surface area contributed by atoms with Gasteiger partial charge in [-0.15, -0.1) is 0 Å². The van der Waals surface area contributed by atoms with E-state index in [-0.39, 0.29) is 0 Å². The van der Waals surface area contributed by atoms with Gasteiger partial charge in [0, 0.05) is 0 Å². The SMILES string of the molecule is CCCCCc1ccc(N=Nc2ccccc2)cc1. The molecule has 0 amide bonds. The summed E-state index contributed by atoms with van der Waals surface area (Å²) in [7, 11) is 0. The Morgan fingerprint density at radius 2 is 1.37 bits per heavy atom. The Labute approximate surface area is 115 Å². The standard InChI is InChI=1S/C17H20N2/c1-2-3-5-8-15-11-13-17(14-12-15)19-18-16-9-6-4-7-10-16/h4,6-7,9-14H,2-3,5,8H2,1H3. The maximum absolute atomic E-state index is 4.24. The van der Waals surface area contributed by atoms with Gasteiger partial charge in [-0.1, -0.05) is 50.1 Å². The predicted molar refractivity (Wildman–Crippen MR) is 80.3 cm³/mol. The van der Waals surface area contributed by atoms with Crippen LogP contribution in [0.1, 0.15) is 31.7 Å². The van der Waals surface area contributed by atoms with Gasteiger partial charge in [0.25, 0.3) is 0 Å². The molecule has 2 rings (SSSR count). The lowest BCUT2D eigenvalue weighted by molar-refractivity contribution is 0.717. The summed E-state index contributed by atoms with van der Waals surface area (Å²) < 4.78 is 0. The van der Waals surface area contributed by atoms with E-state index in [1.165, 1.54) is 24.8 Å². The maximum atomic E-state index is 4.24. The minimum Gasteiger partial charge on any atom is -0.151 e. The molecule has 0 spiro atoms. The maximum Gasteiger partial charge on any atom is 0.0857 e. The molecule has 0 saturated heterocycles. The van der Waals surface area contributed by atoms with Crippen LogP contribution in [-0.4, -0.2) is 0 Å². The van der Waals surface area contributed by atoms with Gasteiger partial charge in [0.05, 0.1) is 11.4 Å². The van der Waals surface area contributed by atoms with Gasteiger partial charge in [-0.3, -0.25) is 0 Å². The quantitative estimate of drug-likeness (QED) is 0.456. The summed E-state index contributed by atoms with van der Waals surface area (Å²) in [6.07, 6.45) is 4.99. The first-order chi connectivity index (χ1) is 9.38. The third kappa shape index (κ3) is 4.66. The largest absolute Gasteiger partial charge is 0.151 e. The minimum atomic E-state index is 0.884. The second kappa shape index (κ2) is 7.47. The molecule has 0 unspecified atom stereocenters. The third-order valence-corrected chi connectivity index (χ3v) is 3.04. The molecule has 0 atom stereocenters. The third-order valence-electron chi connectivity index (χ3n) is 3.04. The van der Waals surface area contributed by atoms with Gasteiger partial charge < -0.3 is 0 Å². The van der Waals surface area contributed by atoms with Crippen LogP contribution in [0.3, 0.4) is 0 Å². The lowest BCUT2D eigenvalue weighted by atomic mass is 10.1. The fourth-order valence-electron chi connectivity index (χ4n) is 1.92. The van der Waals surface area contributed by atoms with E-state index in [2.05, 4.69) is 29.3 Å². The Hall–Kier alpha value is -1.96. The van der Waals surface area contributed by atoms with Crippen LogP contribution >= 0.6 is 0 Å². The summed E-state index contributed by atoms with van der Waals surface area (Å²) in [5.41, 5.74) is 3.17. The van der Waals surface area contributed by atoms with Crippen molar-refractivity contribution in [3.63, 3.8) is 0 Å². The Morgan fingerprint density at radius 3 is 2.00 bits per heavy atom. The highest BCUT2D eigenvalue weighted by Crippen LogP contribution is 2.19. The molecule has 19 heavy (non-hydrogen) atoms. The first kappa shape index (κ1) is 13.5. The molecule has 0 aromatic heterocycles. The van der Waals surface area contributed by atoms with Crippen LogP contribution in [0.4, 0.5) is 11.4 Å². The van der Waals surface area contributed by atoms with Crippen LogP contribution in [0, 0.1) is 0 Å². The van der Waals surface area contributed by atoms with Crippen molar-refractivity contribution in [1.29, 1.82) is 0 Å². The van der Waals surface area contributed by atoms with Crippen molar-refractivity contribution in [1.82, 2.24) is 0 Å². The smallest absolute Gasteiger partial charge is 0.0857 e. The number of nitrogens with zero attached hydrogens (tertiary/aromatic N) is 2. The lowest BCUT2D eigenvalue weighted by Gasteiger charge is -2.00. The van der Waals surface area contributed by atoms with Gasteiger partial charge in [-0.2, -0.15) is 10.2 Å². The number of unbranched alkanes of at least 4 members (excludes halogenated alkanes) is 2. The van der Waals surface area contributed by atoms with Gasteiger partial charge in [0.2, 0.25) is 0 Å². The molecule has 2 aromatic rings. The highest BCUT2D eigenvalue weighted by Gasteiger charge is 1.94. The van der Waals surface area contributed by atoms with Crippen molar-refractivity contribution < 1.29 is 0 Å². The van der Waals surface area contributed by atoms with E-state index < -0.39 is 0 Å². The monoisotopic (exact) mass is 252 g/mol. The average molecular weight is 252 g/mol. The first-order valence-electron chi connectivity index (χ1n) is 6.94. The molecule has 98 valence electrons. The van der Waals surface area contributed by atoms with Crippen LogP contribution in [-0.2, 0) is 6.42 Å². The Kier molecular flexibility index (Phi) is 5.30. The van der Waals surface area contributed by atoms with Gasteiger partial charge >= 0.3 is 0 Å². The molecule has 0 radical (unpaired) electrons. The van der Waals surface area contributed by atoms with E-state index in [1.54, 1.807) is 0 Å². The molecule has 0 N–H and O–H groups in total. The lowest BCUT2D eigenvalue weighted by Crippen LogP contribution is -1.83. The van der Waals surface area contributed by atoms with E-state index in [0.717, 1.165) is 17.8 Å². The molecule has 0 aliphatic carbocycles. The molecule has 0 heterocycles. The van der Waals surface area contributed by atoms with Crippen LogP contribution in [0.5, 0.6) is 0 Å². The van der Waals surface area contributed by atoms with Crippen molar-refractivity contribution >= 4 is 11.4 Å². The molecule has 2 aromatic carbocycles. The summed E-state index contributed by atoms with van der Waals surface area (Å²) in [6, 6.07) is 18.2. The van der Waals surface area contributed by atoms with Crippen LogP contribution in [0.25, 0.3) is 0 Å². The number of rotatable bonds is 6. The summed E-state index contributed by atoms with van der Waals surface area (Å²) in [4.78, 5) is 0. The van der Waals surface area contributed by atoms with Gasteiger partial charge in [-0.25, -0.2) is 0 Å².